The molecule has 1 aromatic rings. The highest BCUT2D eigenvalue weighted by atomic mass is 16.5. The average Bonchev–Trinajstić information content (AvgIpc) is 2.50. The van der Waals surface area contributed by atoms with Crippen LogP contribution in [-0.4, -0.2) is 12.9 Å². The van der Waals surface area contributed by atoms with E-state index in [-0.39, 0.29) is 5.41 Å². The van der Waals surface area contributed by atoms with Gasteiger partial charge in [-0.3, -0.25) is 4.79 Å². The van der Waals surface area contributed by atoms with Crippen LogP contribution in [0.3, 0.4) is 0 Å². The SMILES string of the molecule is C=CCc1cc(C(C)(C)C)cc(C=O)c1OCCCCCCC. The Morgan fingerprint density at radius 3 is 2.39 bits per heavy atom. The molecule has 2 nitrogen and oxygen atoms in total. The van der Waals surface area contributed by atoms with Crippen molar-refractivity contribution in [1.29, 1.82) is 0 Å². The quantitative estimate of drug-likeness (QED) is 0.306. The molecule has 0 aliphatic rings. The van der Waals surface area contributed by atoms with Gasteiger partial charge in [0.2, 0.25) is 0 Å². The standard InChI is InChI=1S/C21H32O2/c1-6-8-9-10-11-13-23-20-17(12-7-2)14-19(21(3,4)5)15-18(20)16-22/h7,14-16H,2,6,8-13H2,1,3-5H3. The number of ether oxygens (including phenoxy) is 1. The number of allylic oxidation sites excluding steroid dienone is 1. The minimum Gasteiger partial charge on any atom is -0.493 e. The molecule has 0 bridgehead atoms. The van der Waals surface area contributed by atoms with E-state index < -0.39 is 0 Å². The number of carbonyl (C=O) groups excluding carboxylic acids is 1. The van der Waals surface area contributed by atoms with Gasteiger partial charge in [-0.05, 0) is 35.4 Å². The van der Waals surface area contributed by atoms with Crippen LogP contribution < -0.4 is 4.74 Å². The highest BCUT2D eigenvalue weighted by Crippen LogP contribution is 2.32. The molecule has 0 heterocycles. The van der Waals surface area contributed by atoms with Crippen molar-refractivity contribution in [2.75, 3.05) is 6.61 Å². The maximum atomic E-state index is 11.5. The topological polar surface area (TPSA) is 26.3 Å². The van der Waals surface area contributed by atoms with E-state index in [1.807, 2.05) is 12.1 Å². The van der Waals surface area contributed by atoms with Gasteiger partial charge in [0.1, 0.15) is 5.75 Å². The Labute approximate surface area is 141 Å². The number of benzene rings is 1. The maximum absolute atomic E-state index is 11.5. The van der Waals surface area contributed by atoms with Crippen molar-refractivity contribution in [2.24, 2.45) is 0 Å². The summed E-state index contributed by atoms with van der Waals surface area (Å²) in [5.41, 5.74) is 2.88. The van der Waals surface area contributed by atoms with Crippen LogP contribution in [0.4, 0.5) is 0 Å². The van der Waals surface area contributed by atoms with E-state index >= 15 is 0 Å². The van der Waals surface area contributed by atoms with Gasteiger partial charge in [-0.15, -0.1) is 6.58 Å². The second kappa shape index (κ2) is 9.54. The molecule has 1 aromatic carbocycles. The molecule has 1 rings (SSSR count). The zero-order valence-corrected chi connectivity index (χ0v) is 15.3. The molecule has 0 atom stereocenters. The number of aldehydes is 1. The molecule has 0 N–H and O–H groups in total. The predicted molar refractivity (Wildman–Crippen MR) is 98.7 cm³/mol. The maximum Gasteiger partial charge on any atom is 0.153 e. The molecule has 0 aliphatic carbocycles. The molecule has 0 saturated carbocycles. The molecule has 128 valence electrons. The average molecular weight is 316 g/mol. The first-order valence-corrected chi connectivity index (χ1v) is 8.80. The molecule has 23 heavy (non-hydrogen) atoms. The first-order valence-electron chi connectivity index (χ1n) is 8.80. The molecule has 2 heteroatoms. The monoisotopic (exact) mass is 316 g/mol. The lowest BCUT2D eigenvalue weighted by Crippen LogP contribution is -2.13. The summed E-state index contributed by atoms with van der Waals surface area (Å²) < 4.78 is 5.98. The minimum atomic E-state index is 0.00631. The number of unbranched alkanes of at least 4 members (excludes halogenated alkanes) is 4. The molecule has 0 spiro atoms. The van der Waals surface area contributed by atoms with Gasteiger partial charge in [-0.25, -0.2) is 0 Å². The van der Waals surface area contributed by atoms with Crippen molar-refractivity contribution in [2.45, 2.75) is 71.6 Å². The van der Waals surface area contributed by atoms with Gasteiger partial charge in [0.05, 0.1) is 12.2 Å². The molecule has 0 aromatic heterocycles. The van der Waals surface area contributed by atoms with Gasteiger partial charge in [0.25, 0.3) is 0 Å². The molecule has 0 saturated heterocycles. The molecule has 0 aliphatic heterocycles. The van der Waals surface area contributed by atoms with Crippen molar-refractivity contribution in [3.8, 4) is 5.75 Å². The normalized spacial score (nSPS) is 11.3. The van der Waals surface area contributed by atoms with Gasteiger partial charge in [0.15, 0.2) is 6.29 Å². The molecule has 0 amide bonds. The Morgan fingerprint density at radius 1 is 1.13 bits per heavy atom. The number of hydrogen-bond acceptors (Lipinski definition) is 2. The molecule has 0 unspecified atom stereocenters. The van der Waals surface area contributed by atoms with E-state index in [4.69, 9.17) is 4.74 Å². The summed E-state index contributed by atoms with van der Waals surface area (Å²) >= 11 is 0. The third kappa shape index (κ3) is 6.21. The Kier molecular flexibility index (Phi) is 8.08. The fraction of sp³-hybridized carbons (Fsp3) is 0.571. The van der Waals surface area contributed by atoms with Crippen molar-refractivity contribution < 1.29 is 9.53 Å². The number of hydrogen-bond donors (Lipinski definition) is 0. The first-order chi connectivity index (χ1) is 10.9. The third-order valence-electron chi connectivity index (χ3n) is 4.05. The summed E-state index contributed by atoms with van der Waals surface area (Å²) in [6, 6.07) is 4.12. The van der Waals surface area contributed by atoms with Crippen LogP contribution in [0, 0.1) is 0 Å². The lowest BCUT2D eigenvalue weighted by Gasteiger charge is -2.22. The van der Waals surface area contributed by atoms with E-state index in [0.29, 0.717) is 12.2 Å². The highest BCUT2D eigenvalue weighted by Gasteiger charge is 2.19. The lowest BCUT2D eigenvalue weighted by molar-refractivity contribution is 0.111. The summed E-state index contributed by atoms with van der Waals surface area (Å²) in [5, 5.41) is 0. The van der Waals surface area contributed by atoms with Gasteiger partial charge >= 0.3 is 0 Å². The van der Waals surface area contributed by atoms with Crippen LogP contribution in [0.5, 0.6) is 5.75 Å². The van der Waals surface area contributed by atoms with Crippen LogP contribution in [0.1, 0.15) is 81.3 Å². The second-order valence-electron chi connectivity index (χ2n) is 7.18. The van der Waals surface area contributed by atoms with Crippen LogP contribution in [0.25, 0.3) is 0 Å². The predicted octanol–water partition coefficient (Wildman–Crippen LogP) is 5.87. The number of carbonyl (C=O) groups is 1. The van der Waals surface area contributed by atoms with E-state index in [1.54, 1.807) is 0 Å². The van der Waals surface area contributed by atoms with Crippen LogP contribution >= 0.6 is 0 Å². The summed E-state index contributed by atoms with van der Waals surface area (Å²) in [6.45, 7) is 13.2. The molecular formula is C21H32O2. The van der Waals surface area contributed by atoms with Crippen LogP contribution in [0.2, 0.25) is 0 Å². The Balaban J connectivity index is 2.91. The molecule has 0 fully saturated rings. The van der Waals surface area contributed by atoms with Crippen LogP contribution in [-0.2, 0) is 11.8 Å². The zero-order valence-electron chi connectivity index (χ0n) is 15.3. The minimum absolute atomic E-state index is 0.00631. The third-order valence-corrected chi connectivity index (χ3v) is 4.05. The summed E-state index contributed by atoms with van der Waals surface area (Å²) in [7, 11) is 0. The van der Waals surface area contributed by atoms with E-state index in [0.717, 1.165) is 36.0 Å². The second-order valence-corrected chi connectivity index (χ2v) is 7.18. The molecule has 0 radical (unpaired) electrons. The van der Waals surface area contributed by atoms with Crippen molar-refractivity contribution >= 4 is 6.29 Å². The lowest BCUT2D eigenvalue weighted by atomic mass is 9.84. The fourth-order valence-corrected chi connectivity index (χ4v) is 2.60. The van der Waals surface area contributed by atoms with Crippen molar-refractivity contribution in [3.63, 3.8) is 0 Å². The van der Waals surface area contributed by atoms with Gasteiger partial charge in [-0.2, -0.15) is 0 Å². The summed E-state index contributed by atoms with van der Waals surface area (Å²) in [5.74, 6) is 0.739. The molecular weight excluding hydrogens is 284 g/mol. The largest absolute Gasteiger partial charge is 0.493 e. The van der Waals surface area contributed by atoms with Gasteiger partial charge in [0, 0.05) is 0 Å². The van der Waals surface area contributed by atoms with Crippen molar-refractivity contribution in [1.82, 2.24) is 0 Å². The number of rotatable bonds is 10. The van der Waals surface area contributed by atoms with E-state index in [9.17, 15) is 4.79 Å². The van der Waals surface area contributed by atoms with E-state index in [1.165, 1.54) is 25.7 Å². The van der Waals surface area contributed by atoms with E-state index in [2.05, 4.69) is 40.3 Å². The smallest absolute Gasteiger partial charge is 0.153 e. The van der Waals surface area contributed by atoms with Gasteiger partial charge in [-0.1, -0.05) is 65.5 Å². The first kappa shape index (κ1) is 19.5. The fourth-order valence-electron chi connectivity index (χ4n) is 2.60. The summed E-state index contributed by atoms with van der Waals surface area (Å²) in [6.07, 6.45) is 9.49. The Bertz CT molecular complexity index is 509. The van der Waals surface area contributed by atoms with Gasteiger partial charge < -0.3 is 4.74 Å². The summed E-state index contributed by atoms with van der Waals surface area (Å²) in [4.78, 5) is 11.5. The zero-order chi connectivity index (χ0) is 17.3. The highest BCUT2D eigenvalue weighted by molar-refractivity contribution is 5.81. The van der Waals surface area contributed by atoms with Crippen LogP contribution in [0.15, 0.2) is 24.8 Å². The Hall–Kier alpha value is -1.57. The van der Waals surface area contributed by atoms with Crippen molar-refractivity contribution in [3.05, 3.63) is 41.5 Å². The Morgan fingerprint density at radius 2 is 1.83 bits per heavy atom.